The highest BCUT2D eigenvalue weighted by atomic mass is 19.1. The Morgan fingerprint density at radius 1 is 1.27 bits per heavy atom. The highest BCUT2D eigenvalue weighted by Gasteiger charge is 2.22. The topological polar surface area (TPSA) is 80.3 Å². The molecule has 0 saturated heterocycles. The van der Waals surface area contributed by atoms with Gasteiger partial charge in [-0.25, -0.2) is 9.18 Å². The second-order valence-corrected chi connectivity index (χ2v) is 8.30. The van der Waals surface area contributed by atoms with E-state index < -0.39 is 29.5 Å². The van der Waals surface area contributed by atoms with Crippen molar-refractivity contribution in [1.82, 2.24) is 10.3 Å². The van der Waals surface area contributed by atoms with Crippen LogP contribution >= 0.6 is 0 Å². The van der Waals surface area contributed by atoms with Crippen LogP contribution < -0.4 is 10.6 Å². The van der Waals surface area contributed by atoms with E-state index in [1.165, 1.54) is 18.2 Å². The first-order valence-corrected chi connectivity index (χ1v) is 9.85. The number of halogens is 1. The van der Waals surface area contributed by atoms with Gasteiger partial charge in [-0.05, 0) is 63.1 Å². The van der Waals surface area contributed by atoms with Gasteiger partial charge in [0.2, 0.25) is 5.91 Å². The van der Waals surface area contributed by atoms with Crippen molar-refractivity contribution in [3.63, 3.8) is 0 Å². The molecule has 0 saturated carbocycles. The molecule has 2 N–H and O–H groups in total. The molecule has 2 bridgehead atoms. The smallest absolute Gasteiger partial charge is 0.408 e. The molecular formula is C23H26FN3O3. The molecule has 30 heavy (non-hydrogen) atoms. The number of nitrogens with zero attached hydrogens (tertiary/aromatic N) is 1. The average molecular weight is 411 g/mol. The number of benzene rings is 1. The van der Waals surface area contributed by atoms with Gasteiger partial charge in [-0.15, -0.1) is 0 Å². The van der Waals surface area contributed by atoms with Crippen LogP contribution in [0.15, 0.2) is 48.7 Å². The number of pyridine rings is 1. The highest BCUT2D eigenvalue weighted by Crippen LogP contribution is 2.31. The average Bonchev–Trinajstić information content (AvgIpc) is 2.66. The summed E-state index contributed by atoms with van der Waals surface area (Å²) in [6, 6.07) is 7.34. The fraction of sp³-hybridized carbons (Fsp3) is 0.348. The van der Waals surface area contributed by atoms with Crippen LogP contribution in [0, 0.1) is 11.7 Å². The van der Waals surface area contributed by atoms with E-state index in [1.54, 1.807) is 52.1 Å². The van der Waals surface area contributed by atoms with Crippen LogP contribution in [0.25, 0.3) is 11.3 Å². The summed E-state index contributed by atoms with van der Waals surface area (Å²) in [5.74, 6) is -1.05. The lowest BCUT2D eigenvalue weighted by Gasteiger charge is -2.24. The lowest BCUT2D eigenvalue weighted by atomic mass is 9.99. The summed E-state index contributed by atoms with van der Waals surface area (Å²) in [6.45, 7) is 7.16. The summed E-state index contributed by atoms with van der Waals surface area (Å²) in [5.41, 5.74) is 1.61. The zero-order valence-electron chi connectivity index (χ0n) is 17.5. The monoisotopic (exact) mass is 411 g/mol. The minimum absolute atomic E-state index is 0.215. The number of fused-ring (bicyclic) bond motifs is 4. The molecule has 158 valence electrons. The third-order valence-electron chi connectivity index (χ3n) is 4.60. The number of alkyl carbamates (subject to hydrolysis) is 1. The quantitative estimate of drug-likeness (QED) is 0.648. The summed E-state index contributed by atoms with van der Waals surface area (Å²) < 4.78 is 19.4. The van der Waals surface area contributed by atoms with Crippen molar-refractivity contribution in [2.24, 2.45) is 5.92 Å². The van der Waals surface area contributed by atoms with Crippen molar-refractivity contribution in [3.05, 3.63) is 60.1 Å². The first-order chi connectivity index (χ1) is 14.1. The van der Waals surface area contributed by atoms with Crippen LogP contribution in [0.3, 0.4) is 0 Å². The Bertz CT molecular complexity index is 982. The van der Waals surface area contributed by atoms with E-state index in [9.17, 15) is 14.0 Å². The van der Waals surface area contributed by atoms with E-state index in [-0.39, 0.29) is 5.91 Å². The molecular weight excluding hydrogens is 385 g/mol. The Hall–Kier alpha value is -3.22. The Balaban J connectivity index is 2.04. The van der Waals surface area contributed by atoms with Crippen molar-refractivity contribution < 1.29 is 18.7 Å². The molecule has 0 radical (unpaired) electrons. The van der Waals surface area contributed by atoms with Crippen LogP contribution in [0.5, 0.6) is 0 Å². The molecule has 2 aromatic rings. The van der Waals surface area contributed by atoms with Gasteiger partial charge in [0.15, 0.2) is 0 Å². The number of amides is 2. The highest BCUT2D eigenvalue weighted by molar-refractivity contribution is 5.97. The zero-order valence-corrected chi connectivity index (χ0v) is 17.5. The van der Waals surface area contributed by atoms with Gasteiger partial charge in [-0.1, -0.05) is 19.1 Å². The maximum atomic E-state index is 14.0. The molecule has 2 atom stereocenters. The van der Waals surface area contributed by atoms with Crippen molar-refractivity contribution in [2.75, 3.05) is 5.32 Å². The minimum atomic E-state index is -0.627. The second kappa shape index (κ2) is 8.65. The number of hydrogen-bond acceptors (Lipinski definition) is 4. The number of aromatic nitrogens is 1. The molecule has 0 fully saturated rings. The summed E-state index contributed by atoms with van der Waals surface area (Å²) in [4.78, 5) is 29.3. The first kappa shape index (κ1) is 21.5. The Kier molecular flexibility index (Phi) is 6.20. The molecule has 2 heterocycles. The molecule has 1 unspecified atom stereocenters. The van der Waals surface area contributed by atoms with Gasteiger partial charge in [0.25, 0.3) is 0 Å². The van der Waals surface area contributed by atoms with Gasteiger partial charge in [-0.3, -0.25) is 9.78 Å². The molecule has 6 nitrogen and oxygen atoms in total. The summed E-state index contributed by atoms with van der Waals surface area (Å²) in [7, 11) is 0. The van der Waals surface area contributed by atoms with Crippen LogP contribution in [-0.4, -0.2) is 22.6 Å². The van der Waals surface area contributed by atoms with Gasteiger partial charge >= 0.3 is 6.09 Å². The SMILES string of the molecule is C[C@@H]1/C=C/CC(NC(=O)OC(C)(C)C)c2ccnc(c2)-c2cc(F)ccc2NC1=O. The third-order valence-corrected chi connectivity index (χ3v) is 4.60. The zero-order chi connectivity index (χ0) is 21.9. The third kappa shape index (κ3) is 5.43. The lowest BCUT2D eigenvalue weighted by Crippen LogP contribution is -2.35. The largest absolute Gasteiger partial charge is 0.444 e. The van der Waals surface area contributed by atoms with E-state index in [2.05, 4.69) is 15.6 Å². The predicted octanol–water partition coefficient (Wildman–Crippen LogP) is 4.99. The van der Waals surface area contributed by atoms with Crippen molar-refractivity contribution in [2.45, 2.75) is 45.8 Å². The number of ether oxygens (including phenoxy) is 1. The Morgan fingerprint density at radius 3 is 2.77 bits per heavy atom. The minimum Gasteiger partial charge on any atom is -0.444 e. The molecule has 1 aromatic heterocycles. The lowest BCUT2D eigenvalue weighted by molar-refractivity contribution is -0.118. The molecule has 0 spiro atoms. The Labute approximate surface area is 175 Å². The van der Waals surface area contributed by atoms with E-state index in [0.29, 0.717) is 23.4 Å². The summed E-state index contributed by atoms with van der Waals surface area (Å²) >= 11 is 0. The normalized spacial score (nSPS) is 20.1. The van der Waals surface area contributed by atoms with Gasteiger partial charge in [0.1, 0.15) is 11.4 Å². The first-order valence-electron chi connectivity index (χ1n) is 9.85. The van der Waals surface area contributed by atoms with Crippen LogP contribution in [-0.2, 0) is 9.53 Å². The van der Waals surface area contributed by atoms with E-state index in [4.69, 9.17) is 4.74 Å². The van der Waals surface area contributed by atoms with Crippen molar-refractivity contribution in [1.29, 1.82) is 0 Å². The maximum Gasteiger partial charge on any atom is 0.408 e. The van der Waals surface area contributed by atoms with Gasteiger partial charge in [0, 0.05) is 11.8 Å². The molecule has 0 aliphatic carbocycles. The number of rotatable bonds is 1. The Morgan fingerprint density at radius 2 is 2.03 bits per heavy atom. The molecule has 7 heteroatoms. The van der Waals surface area contributed by atoms with Gasteiger partial charge < -0.3 is 15.4 Å². The summed E-state index contributed by atoms with van der Waals surface area (Å²) in [6.07, 6.45) is 5.16. The van der Waals surface area contributed by atoms with E-state index in [1.807, 2.05) is 6.08 Å². The number of nitrogens with one attached hydrogen (secondary N) is 2. The second-order valence-electron chi connectivity index (χ2n) is 8.30. The number of carbonyl (C=O) groups excluding carboxylic acids is 2. The standard InChI is InChI=1S/C23H26FN3O3/c1-14-6-5-7-18(27-22(29)30-23(2,3)4)15-10-11-25-20(12-15)17-13-16(24)8-9-19(17)26-21(14)28/h5-6,8-14,18H,7H2,1-4H3,(H,26,28)(H,27,29)/b6-5+/t14-,18?/m1/s1. The predicted molar refractivity (Wildman–Crippen MR) is 113 cm³/mol. The van der Waals surface area contributed by atoms with Crippen LogP contribution in [0.4, 0.5) is 14.9 Å². The number of anilines is 1. The number of carbonyl (C=O) groups is 2. The van der Waals surface area contributed by atoms with Crippen LogP contribution in [0.1, 0.15) is 45.7 Å². The fourth-order valence-electron chi connectivity index (χ4n) is 3.13. The molecule has 1 aliphatic rings. The molecule has 2 amide bonds. The fourth-order valence-corrected chi connectivity index (χ4v) is 3.13. The van der Waals surface area contributed by atoms with E-state index >= 15 is 0 Å². The molecule has 1 aliphatic heterocycles. The summed E-state index contributed by atoms with van der Waals surface area (Å²) in [5, 5.41) is 5.73. The van der Waals surface area contributed by atoms with Crippen molar-refractivity contribution in [3.8, 4) is 11.3 Å². The molecule has 3 rings (SSSR count). The number of hydrogen-bond donors (Lipinski definition) is 2. The van der Waals surface area contributed by atoms with E-state index in [0.717, 1.165) is 5.56 Å². The van der Waals surface area contributed by atoms with Crippen LogP contribution in [0.2, 0.25) is 0 Å². The molecule has 1 aromatic carbocycles. The van der Waals surface area contributed by atoms with Crippen molar-refractivity contribution >= 4 is 17.7 Å². The maximum absolute atomic E-state index is 14.0. The van der Waals surface area contributed by atoms with Gasteiger partial charge in [0.05, 0.1) is 23.3 Å². The van der Waals surface area contributed by atoms with Gasteiger partial charge in [-0.2, -0.15) is 0 Å².